The summed E-state index contributed by atoms with van der Waals surface area (Å²) in [5, 5.41) is 5.13. The molecule has 3 aromatic carbocycles. The number of para-hydroxylation sites is 1. The topological polar surface area (TPSA) is 118 Å². The van der Waals surface area contributed by atoms with E-state index in [1.807, 2.05) is 0 Å². The fraction of sp³-hybridized carbons (Fsp3) is 0.174. The molecule has 1 atom stereocenters. The Balaban J connectivity index is 1.85. The quantitative estimate of drug-likeness (QED) is 0.550. The van der Waals surface area contributed by atoms with Gasteiger partial charge >= 0.3 is 0 Å². The van der Waals surface area contributed by atoms with Gasteiger partial charge in [0.15, 0.2) is 0 Å². The molecule has 0 aliphatic heterocycles. The van der Waals surface area contributed by atoms with E-state index in [0.717, 1.165) is 4.31 Å². The van der Waals surface area contributed by atoms with Crippen LogP contribution in [0.4, 0.5) is 5.69 Å². The number of hydrogen-bond donors (Lipinski definition) is 1. The summed E-state index contributed by atoms with van der Waals surface area (Å²) in [6.07, 6.45) is 0. The van der Waals surface area contributed by atoms with Gasteiger partial charge in [-0.2, -0.15) is 0 Å². The maximum absolute atomic E-state index is 13.1. The highest BCUT2D eigenvalue weighted by Crippen LogP contribution is 2.25. The number of primary sulfonamides is 1. The minimum absolute atomic E-state index is 0.00161. The van der Waals surface area contributed by atoms with E-state index < -0.39 is 26.1 Å². The van der Waals surface area contributed by atoms with Crippen molar-refractivity contribution < 1.29 is 21.6 Å². The predicted molar refractivity (Wildman–Crippen MR) is 127 cm³/mol. The van der Waals surface area contributed by atoms with Crippen molar-refractivity contribution in [1.29, 1.82) is 0 Å². The largest absolute Gasteiger partial charge is 0.335 e. The van der Waals surface area contributed by atoms with Gasteiger partial charge < -0.3 is 4.90 Å². The zero-order valence-electron chi connectivity index (χ0n) is 18.4. The third-order valence-electron chi connectivity index (χ3n) is 5.45. The number of sulfonamides is 2. The van der Waals surface area contributed by atoms with Gasteiger partial charge in [0, 0.05) is 19.7 Å². The lowest BCUT2D eigenvalue weighted by Gasteiger charge is -2.26. The normalized spacial score (nSPS) is 12.7. The molecule has 0 heterocycles. The van der Waals surface area contributed by atoms with E-state index in [9.17, 15) is 21.6 Å². The van der Waals surface area contributed by atoms with Crippen molar-refractivity contribution in [2.45, 2.75) is 22.8 Å². The summed E-state index contributed by atoms with van der Waals surface area (Å²) >= 11 is 0. The summed E-state index contributed by atoms with van der Waals surface area (Å²) in [6, 6.07) is 20.1. The van der Waals surface area contributed by atoms with Crippen molar-refractivity contribution in [1.82, 2.24) is 4.90 Å². The zero-order valence-corrected chi connectivity index (χ0v) is 20.0. The Morgan fingerprint density at radius 1 is 0.818 bits per heavy atom. The highest BCUT2D eigenvalue weighted by molar-refractivity contribution is 7.92. The molecule has 10 heteroatoms. The summed E-state index contributed by atoms with van der Waals surface area (Å²) in [7, 11) is -4.63. The van der Waals surface area contributed by atoms with Crippen LogP contribution >= 0.6 is 0 Å². The van der Waals surface area contributed by atoms with Crippen LogP contribution in [0.5, 0.6) is 0 Å². The molecule has 174 valence electrons. The SMILES string of the molecule is C[C@H](c1ccc(S(N)(=O)=O)cc1)N(C)C(=O)c1cccc(S(=O)(=O)N(C)c2ccccc2)c1. The summed E-state index contributed by atoms with van der Waals surface area (Å²) in [5.74, 6) is -0.377. The van der Waals surface area contributed by atoms with Crippen molar-refractivity contribution >= 4 is 31.6 Å². The van der Waals surface area contributed by atoms with Crippen LogP contribution in [-0.2, 0) is 20.0 Å². The average Bonchev–Trinajstić information content (AvgIpc) is 2.82. The van der Waals surface area contributed by atoms with E-state index in [4.69, 9.17) is 5.14 Å². The first-order valence-electron chi connectivity index (χ1n) is 9.97. The van der Waals surface area contributed by atoms with Gasteiger partial charge in [-0.3, -0.25) is 9.10 Å². The molecule has 1 amide bonds. The maximum Gasteiger partial charge on any atom is 0.264 e. The van der Waals surface area contributed by atoms with Crippen molar-refractivity contribution in [3.8, 4) is 0 Å². The molecular weight excluding hydrogens is 462 g/mol. The number of benzene rings is 3. The summed E-state index contributed by atoms with van der Waals surface area (Å²) in [5.41, 5.74) is 1.42. The van der Waals surface area contributed by atoms with Crippen molar-refractivity contribution in [3.05, 3.63) is 90.0 Å². The van der Waals surface area contributed by atoms with Gasteiger partial charge in [0.2, 0.25) is 10.0 Å². The second kappa shape index (κ2) is 9.34. The predicted octanol–water partition coefficient (Wildman–Crippen LogP) is 2.99. The third-order valence-corrected chi connectivity index (χ3v) is 8.16. The number of carbonyl (C=O) groups is 1. The first-order valence-corrected chi connectivity index (χ1v) is 13.0. The maximum atomic E-state index is 13.1. The number of nitrogens with zero attached hydrogens (tertiary/aromatic N) is 2. The van der Waals surface area contributed by atoms with Gasteiger partial charge in [0.1, 0.15) is 0 Å². The van der Waals surface area contributed by atoms with Crippen molar-refractivity contribution in [2.24, 2.45) is 5.14 Å². The minimum Gasteiger partial charge on any atom is -0.335 e. The monoisotopic (exact) mass is 487 g/mol. The van der Waals surface area contributed by atoms with E-state index in [2.05, 4.69) is 0 Å². The minimum atomic E-state index is -3.87. The fourth-order valence-corrected chi connectivity index (χ4v) is 5.02. The van der Waals surface area contributed by atoms with Gasteiger partial charge in [-0.1, -0.05) is 36.4 Å². The summed E-state index contributed by atoms with van der Waals surface area (Å²) in [4.78, 5) is 14.5. The van der Waals surface area contributed by atoms with Crippen LogP contribution in [0.1, 0.15) is 28.9 Å². The number of nitrogens with two attached hydrogens (primary N) is 1. The van der Waals surface area contributed by atoms with Gasteiger partial charge in [0.05, 0.1) is 21.5 Å². The number of hydrogen-bond acceptors (Lipinski definition) is 5. The van der Waals surface area contributed by atoms with Gasteiger partial charge in [0.25, 0.3) is 15.9 Å². The first-order chi connectivity index (χ1) is 15.4. The Bertz CT molecular complexity index is 1360. The molecule has 0 saturated heterocycles. The number of anilines is 1. The van der Waals surface area contributed by atoms with Crippen LogP contribution < -0.4 is 9.44 Å². The lowest BCUT2D eigenvalue weighted by atomic mass is 10.1. The number of amides is 1. The van der Waals surface area contributed by atoms with Crippen molar-refractivity contribution in [2.75, 3.05) is 18.4 Å². The molecule has 0 fully saturated rings. The van der Waals surface area contributed by atoms with Crippen LogP contribution in [0.3, 0.4) is 0 Å². The highest BCUT2D eigenvalue weighted by atomic mass is 32.2. The molecule has 0 radical (unpaired) electrons. The summed E-state index contributed by atoms with van der Waals surface area (Å²) < 4.78 is 50.2. The zero-order chi connectivity index (χ0) is 24.4. The Hall–Kier alpha value is -3.21. The molecule has 2 N–H and O–H groups in total. The van der Waals surface area contributed by atoms with E-state index in [1.165, 1.54) is 42.3 Å². The summed E-state index contributed by atoms with van der Waals surface area (Å²) in [6.45, 7) is 1.79. The van der Waals surface area contributed by atoms with E-state index >= 15 is 0 Å². The second-order valence-electron chi connectivity index (χ2n) is 7.54. The molecule has 8 nitrogen and oxygen atoms in total. The van der Waals surface area contributed by atoms with Crippen LogP contribution in [0, 0.1) is 0 Å². The van der Waals surface area contributed by atoms with Gasteiger partial charge in [-0.25, -0.2) is 22.0 Å². The number of carbonyl (C=O) groups excluding carboxylic acids is 1. The highest BCUT2D eigenvalue weighted by Gasteiger charge is 2.24. The molecule has 0 aromatic heterocycles. The number of rotatable bonds is 7. The molecule has 0 aliphatic carbocycles. The van der Waals surface area contributed by atoms with E-state index in [1.54, 1.807) is 62.5 Å². The smallest absolute Gasteiger partial charge is 0.264 e. The van der Waals surface area contributed by atoms with Gasteiger partial charge in [-0.05, 0) is 55.0 Å². The molecule has 3 aromatic rings. The second-order valence-corrected chi connectivity index (χ2v) is 11.1. The molecular formula is C23H25N3O5S2. The first kappa shape index (κ1) is 24.4. The Labute approximate surface area is 194 Å². The van der Waals surface area contributed by atoms with Crippen LogP contribution in [0.25, 0.3) is 0 Å². The molecule has 0 saturated carbocycles. The molecule has 0 aliphatic rings. The Kier molecular flexibility index (Phi) is 6.92. The molecule has 0 bridgehead atoms. The average molecular weight is 488 g/mol. The molecule has 3 rings (SSSR count). The van der Waals surface area contributed by atoms with Crippen molar-refractivity contribution in [3.63, 3.8) is 0 Å². The Morgan fingerprint density at radius 2 is 1.42 bits per heavy atom. The van der Waals surface area contributed by atoms with Crippen LogP contribution in [0.2, 0.25) is 0 Å². The molecule has 0 spiro atoms. The molecule has 33 heavy (non-hydrogen) atoms. The Morgan fingerprint density at radius 3 is 2.00 bits per heavy atom. The van der Waals surface area contributed by atoms with E-state index in [-0.39, 0.29) is 21.3 Å². The lowest BCUT2D eigenvalue weighted by molar-refractivity contribution is 0.0742. The lowest BCUT2D eigenvalue weighted by Crippen LogP contribution is -2.30. The molecule has 0 unspecified atom stereocenters. The third kappa shape index (κ3) is 5.24. The van der Waals surface area contributed by atoms with Crippen LogP contribution in [0.15, 0.2) is 88.7 Å². The fourth-order valence-electron chi connectivity index (χ4n) is 3.26. The van der Waals surface area contributed by atoms with Gasteiger partial charge in [-0.15, -0.1) is 0 Å². The van der Waals surface area contributed by atoms with E-state index in [0.29, 0.717) is 11.3 Å². The standard InChI is InChI=1S/C23H25N3O5S2/c1-17(18-12-14-21(15-13-18)32(24,28)29)25(2)23(27)19-8-7-11-22(16-19)33(30,31)26(3)20-9-5-4-6-10-20/h4-17H,1-3H3,(H2,24,28,29)/t17-/m1/s1. The van der Waals surface area contributed by atoms with Crippen LogP contribution in [-0.4, -0.2) is 41.7 Å².